The second kappa shape index (κ2) is 7.56. The van der Waals surface area contributed by atoms with E-state index in [4.69, 9.17) is 0 Å². The summed E-state index contributed by atoms with van der Waals surface area (Å²) in [5.74, 6) is 0.0288. The van der Waals surface area contributed by atoms with E-state index in [2.05, 4.69) is 17.2 Å². The number of likely N-dealkylation sites (N-methyl/N-ethyl adjacent to an activating group) is 1. The maximum Gasteiger partial charge on any atom is 0.231 e. The van der Waals surface area contributed by atoms with E-state index in [1.807, 2.05) is 47.8 Å². The van der Waals surface area contributed by atoms with E-state index in [1.165, 1.54) is 16.9 Å². The first-order valence-electron chi connectivity index (χ1n) is 9.26. The third-order valence-corrected chi connectivity index (χ3v) is 5.81. The molecule has 0 saturated heterocycles. The average Bonchev–Trinajstić information content (AvgIpc) is 3.26. The van der Waals surface area contributed by atoms with Gasteiger partial charge in [-0.2, -0.15) is 0 Å². The molecule has 1 aromatic heterocycles. The quantitative estimate of drug-likeness (QED) is 0.713. The Balaban J connectivity index is 1.44. The molecule has 2 amide bonds. The molecule has 1 N–H and O–H groups in total. The second-order valence-corrected chi connectivity index (χ2v) is 7.82. The van der Waals surface area contributed by atoms with E-state index in [1.54, 1.807) is 11.9 Å². The van der Waals surface area contributed by atoms with Crippen LogP contribution in [0.25, 0.3) is 11.3 Å². The minimum Gasteiger partial charge on any atom is -0.326 e. The molecule has 0 fully saturated rings. The van der Waals surface area contributed by atoms with E-state index < -0.39 is 0 Å². The summed E-state index contributed by atoms with van der Waals surface area (Å²) in [5.41, 5.74) is 5.83. The largest absolute Gasteiger partial charge is 0.326 e. The minimum absolute atomic E-state index is 0.0775. The number of amides is 2. The number of nitrogens with one attached hydrogen (secondary N) is 1. The van der Waals surface area contributed by atoms with Gasteiger partial charge in [-0.05, 0) is 41.8 Å². The van der Waals surface area contributed by atoms with Gasteiger partial charge in [-0.3, -0.25) is 9.59 Å². The van der Waals surface area contributed by atoms with Crippen LogP contribution in [0.5, 0.6) is 0 Å². The van der Waals surface area contributed by atoms with Crippen molar-refractivity contribution in [3.05, 3.63) is 64.0 Å². The van der Waals surface area contributed by atoms with Crippen molar-refractivity contribution in [3.8, 4) is 11.3 Å². The Morgan fingerprint density at radius 2 is 2.00 bits per heavy atom. The number of fused-ring (bicyclic) bond motifs is 1. The highest BCUT2D eigenvalue weighted by Gasteiger charge is 2.24. The lowest BCUT2D eigenvalue weighted by atomic mass is 10.1. The van der Waals surface area contributed by atoms with Gasteiger partial charge in [0.1, 0.15) is 5.01 Å². The summed E-state index contributed by atoms with van der Waals surface area (Å²) >= 11 is 1.47. The van der Waals surface area contributed by atoms with Crippen LogP contribution in [-0.4, -0.2) is 23.8 Å². The molecule has 4 rings (SSSR count). The normalized spacial score (nSPS) is 12.9. The van der Waals surface area contributed by atoms with Gasteiger partial charge in [0.05, 0.1) is 18.5 Å². The van der Waals surface area contributed by atoms with Gasteiger partial charge in [0.25, 0.3) is 0 Å². The molecule has 0 saturated carbocycles. The van der Waals surface area contributed by atoms with Crippen LogP contribution in [0.2, 0.25) is 0 Å². The fourth-order valence-electron chi connectivity index (χ4n) is 3.32. The number of hydrogen-bond donors (Lipinski definition) is 1. The van der Waals surface area contributed by atoms with E-state index >= 15 is 0 Å². The summed E-state index contributed by atoms with van der Waals surface area (Å²) in [6, 6.07) is 13.8. The van der Waals surface area contributed by atoms with Crippen LogP contribution in [0.4, 0.5) is 11.4 Å². The molecule has 142 valence electrons. The molecule has 5 nitrogen and oxygen atoms in total. The molecule has 0 unspecified atom stereocenters. The molecule has 1 aliphatic heterocycles. The standard InChI is InChI=1S/C22H21N3O2S/c1-3-14-4-7-17(8-5-14)23-20(26)12-21-24-18(13-28-21)15-6-9-19-16(10-15)11-22(27)25(19)2/h4-10,13H,3,11-12H2,1-2H3,(H,23,26). The smallest absolute Gasteiger partial charge is 0.231 e. The first-order valence-corrected chi connectivity index (χ1v) is 10.1. The zero-order valence-corrected chi connectivity index (χ0v) is 16.7. The number of aryl methyl sites for hydroxylation is 1. The van der Waals surface area contributed by atoms with Crippen LogP contribution in [0.15, 0.2) is 47.8 Å². The van der Waals surface area contributed by atoms with Crippen molar-refractivity contribution in [2.24, 2.45) is 0 Å². The maximum absolute atomic E-state index is 12.3. The Hall–Kier alpha value is -2.99. The number of nitrogens with zero attached hydrogens (tertiary/aromatic N) is 2. The number of aromatic nitrogens is 1. The molecule has 3 aromatic rings. The molecule has 0 radical (unpaired) electrons. The molecule has 1 aliphatic rings. The Bertz CT molecular complexity index is 1040. The summed E-state index contributed by atoms with van der Waals surface area (Å²) < 4.78 is 0. The van der Waals surface area contributed by atoms with Crippen LogP contribution in [0.1, 0.15) is 23.1 Å². The lowest BCUT2D eigenvalue weighted by Crippen LogP contribution is -2.20. The zero-order valence-electron chi connectivity index (χ0n) is 15.9. The van der Waals surface area contributed by atoms with Crippen molar-refractivity contribution in [3.63, 3.8) is 0 Å². The number of carbonyl (C=O) groups is 2. The Morgan fingerprint density at radius 3 is 2.75 bits per heavy atom. The summed E-state index contributed by atoms with van der Waals surface area (Å²) in [6.07, 6.45) is 1.64. The molecule has 0 aliphatic carbocycles. The van der Waals surface area contributed by atoms with Crippen LogP contribution >= 0.6 is 11.3 Å². The van der Waals surface area contributed by atoms with Crippen LogP contribution < -0.4 is 10.2 Å². The number of carbonyl (C=O) groups excluding carboxylic acids is 2. The van der Waals surface area contributed by atoms with Crippen molar-refractivity contribution in [1.82, 2.24) is 4.98 Å². The van der Waals surface area contributed by atoms with Gasteiger partial charge in [-0.1, -0.05) is 25.1 Å². The van der Waals surface area contributed by atoms with Crippen molar-refractivity contribution < 1.29 is 9.59 Å². The first kappa shape index (κ1) is 18.4. The van der Waals surface area contributed by atoms with Gasteiger partial charge >= 0.3 is 0 Å². The van der Waals surface area contributed by atoms with Gasteiger partial charge in [-0.15, -0.1) is 11.3 Å². The summed E-state index contributed by atoms with van der Waals surface area (Å²) in [6.45, 7) is 2.10. The van der Waals surface area contributed by atoms with E-state index in [0.29, 0.717) is 6.42 Å². The minimum atomic E-state index is -0.0775. The number of anilines is 2. The van der Waals surface area contributed by atoms with Gasteiger partial charge in [0.2, 0.25) is 11.8 Å². The molecule has 0 bridgehead atoms. The average molecular weight is 391 g/mol. The second-order valence-electron chi connectivity index (χ2n) is 6.87. The molecule has 28 heavy (non-hydrogen) atoms. The summed E-state index contributed by atoms with van der Waals surface area (Å²) in [7, 11) is 1.79. The van der Waals surface area contributed by atoms with Crippen LogP contribution in [0.3, 0.4) is 0 Å². The maximum atomic E-state index is 12.3. The molecule has 0 spiro atoms. The highest BCUT2D eigenvalue weighted by molar-refractivity contribution is 7.10. The van der Waals surface area contributed by atoms with Crippen molar-refractivity contribution in [2.75, 3.05) is 17.3 Å². The SMILES string of the molecule is CCc1ccc(NC(=O)Cc2nc(-c3ccc4c(c3)CC(=O)N4C)cs2)cc1. The Kier molecular flexibility index (Phi) is 4.96. The van der Waals surface area contributed by atoms with Crippen LogP contribution in [0, 0.1) is 0 Å². The van der Waals surface area contributed by atoms with Gasteiger partial charge in [0, 0.05) is 29.4 Å². The van der Waals surface area contributed by atoms with Crippen molar-refractivity contribution >= 4 is 34.5 Å². The van der Waals surface area contributed by atoms with Crippen LogP contribution in [-0.2, 0) is 28.9 Å². The highest BCUT2D eigenvalue weighted by atomic mass is 32.1. The lowest BCUT2D eigenvalue weighted by Gasteiger charge is -2.09. The van der Waals surface area contributed by atoms with Gasteiger partial charge in [-0.25, -0.2) is 4.98 Å². The van der Waals surface area contributed by atoms with Gasteiger partial charge < -0.3 is 10.2 Å². The highest BCUT2D eigenvalue weighted by Crippen LogP contribution is 2.32. The summed E-state index contributed by atoms with van der Waals surface area (Å²) in [5, 5.41) is 5.65. The zero-order chi connectivity index (χ0) is 19.7. The topological polar surface area (TPSA) is 62.3 Å². The van der Waals surface area contributed by atoms with Gasteiger partial charge in [0.15, 0.2) is 0 Å². The number of rotatable bonds is 5. The summed E-state index contributed by atoms with van der Waals surface area (Å²) in [4.78, 5) is 30.5. The predicted octanol–water partition coefficient (Wildman–Crippen LogP) is 4.07. The first-order chi connectivity index (χ1) is 13.5. The number of thiazole rings is 1. The molecular weight excluding hydrogens is 370 g/mol. The Morgan fingerprint density at radius 1 is 1.21 bits per heavy atom. The van der Waals surface area contributed by atoms with E-state index in [0.717, 1.165) is 39.6 Å². The molecule has 0 atom stereocenters. The molecular formula is C22H21N3O2S. The molecule has 2 aromatic carbocycles. The lowest BCUT2D eigenvalue weighted by molar-refractivity contribution is -0.117. The van der Waals surface area contributed by atoms with Crippen molar-refractivity contribution in [1.29, 1.82) is 0 Å². The monoisotopic (exact) mass is 391 g/mol. The third-order valence-electron chi connectivity index (χ3n) is 4.96. The number of hydrogen-bond acceptors (Lipinski definition) is 4. The predicted molar refractivity (Wildman–Crippen MR) is 113 cm³/mol. The van der Waals surface area contributed by atoms with E-state index in [9.17, 15) is 9.59 Å². The third kappa shape index (κ3) is 3.68. The fourth-order valence-corrected chi connectivity index (χ4v) is 4.12. The molecule has 2 heterocycles. The molecule has 6 heteroatoms. The Labute approximate surface area is 168 Å². The number of benzene rings is 2. The van der Waals surface area contributed by atoms with E-state index in [-0.39, 0.29) is 18.2 Å². The van der Waals surface area contributed by atoms with Crippen molar-refractivity contribution in [2.45, 2.75) is 26.2 Å². The fraction of sp³-hybridized carbons (Fsp3) is 0.227.